The first-order chi connectivity index (χ1) is 5.15. The first-order valence-electron chi connectivity index (χ1n) is 3.66. The summed E-state index contributed by atoms with van der Waals surface area (Å²) in [6, 6.07) is 0. The molecule has 1 rings (SSSR count). The highest BCUT2D eigenvalue weighted by atomic mass is 15.5. The fourth-order valence-corrected chi connectivity index (χ4v) is 1.22. The zero-order valence-corrected chi connectivity index (χ0v) is 7.42. The van der Waals surface area contributed by atoms with Crippen LogP contribution in [0.2, 0.25) is 0 Å². The Bertz CT molecular complexity index is 248. The Balaban J connectivity index is 3.01. The van der Waals surface area contributed by atoms with Gasteiger partial charge in [0.15, 0.2) is 0 Å². The summed E-state index contributed by atoms with van der Waals surface area (Å²) in [5.74, 6) is 0.815. The van der Waals surface area contributed by atoms with E-state index in [1.807, 2.05) is 38.9 Å². The van der Waals surface area contributed by atoms with Crippen molar-refractivity contribution < 1.29 is 0 Å². The molecule has 0 aromatic heterocycles. The third-order valence-electron chi connectivity index (χ3n) is 1.62. The van der Waals surface area contributed by atoms with Crippen molar-refractivity contribution in [3.05, 3.63) is 11.8 Å². The maximum atomic E-state index is 4.24. The topological polar surface area (TPSA) is 28.0 Å². The third kappa shape index (κ3) is 1.48. The van der Waals surface area contributed by atoms with E-state index >= 15 is 0 Å². The molecule has 0 unspecified atom stereocenters. The third-order valence-corrected chi connectivity index (χ3v) is 1.62. The lowest BCUT2D eigenvalue weighted by Gasteiger charge is -2.20. The molecule has 0 aromatic rings. The van der Waals surface area contributed by atoms with Gasteiger partial charge < -0.3 is 0 Å². The summed E-state index contributed by atoms with van der Waals surface area (Å²) in [6.07, 6.45) is 2.01. The predicted molar refractivity (Wildman–Crippen MR) is 47.7 cm³/mol. The van der Waals surface area contributed by atoms with Crippen LogP contribution in [0, 0.1) is 0 Å². The van der Waals surface area contributed by atoms with Gasteiger partial charge in [0.25, 0.3) is 0 Å². The molecule has 0 saturated carbocycles. The highest BCUT2D eigenvalue weighted by Gasteiger charge is 2.10. The number of hydrazone groups is 1. The molecule has 0 fully saturated rings. The molecule has 0 N–H and O–H groups in total. The Labute approximate surface area is 67.1 Å². The Morgan fingerprint density at radius 3 is 2.45 bits per heavy atom. The summed E-state index contributed by atoms with van der Waals surface area (Å²) >= 11 is 0. The van der Waals surface area contributed by atoms with E-state index in [1.165, 1.54) is 0 Å². The van der Waals surface area contributed by atoms with Crippen LogP contribution in [-0.2, 0) is 0 Å². The van der Waals surface area contributed by atoms with Gasteiger partial charge in [-0.05, 0) is 20.8 Å². The predicted octanol–water partition coefficient (Wildman–Crippen LogP) is 1.63. The minimum Gasteiger partial charge on any atom is -0.265 e. The number of hydrogen-bond donors (Lipinski definition) is 0. The Hall–Kier alpha value is -1.12. The lowest BCUT2D eigenvalue weighted by molar-refractivity contribution is 0.462. The van der Waals surface area contributed by atoms with Crippen molar-refractivity contribution in [3.8, 4) is 0 Å². The van der Waals surface area contributed by atoms with Crippen LogP contribution in [-0.4, -0.2) is 23.6 Å². The van der Waals surface area contributed by atoms with Gasteiger partial charge >= 0.3 is 0 Å². The molecule has 0 amide bonds. The average Bonchev–Trinajstić information content (AvgIpc) is 1.85. The molecule has 0 radical (unpaired) electrons. The minimum absolute atomic E-state index is 0.815. The van der Waals surface area contributed by atoms with Gasteiger partial charge in [0, 0.05) is 7.05 Å². The number of allylic oxidation sites excluding steroid dienone is 2. The van der Waals surface area contributed by atoms with E-state index in [0.29, 0.717) is 0 Å². The number of nitrogens with zero attached hydrogens (tertiary/aromatic N) is 3. The molecule has 0 saturated heterocycles. The second kappa shape index (κ2) is 2.86. The SMILES string of the molecule is C/C=C1/C(C)=NC(C)=NN1C. The van der Waals surface area contributed by atoms with Crippen LogP contribution >= 0.6 is 0 Å². The molecule has 0 aliphatic carbocycles. The molecule has 11 heavy (non-hydrogen) atoms. The van der Waals surface area contributed by atoms with E-state index in [2.05, 4.69) is 10.1 Å². The number of amidine groups is 1. The summed E-state index contributed by atoms with van der Waals surface area (Å²) in [5.41, 5.74) is 2.11. The van der Waals surface area contributed by atoms with Gasteiger partial charge in [-0.25, -0.2) is 4.99 Å². The first kappa shape index (κ1) is 7.98. The molecular weight excluding hydrogens is 138 g/mol. The standard InChI is InChI=1S/C8H13N3/c1-5-8-6(2)9-7(3)10-11(8)4/h5H,1-4H3/b8-5-. The molecule has 0 bridgehead atoms. The maximum Gasteiger partial charge on any atom is 0.146 e. The van der Waals surface area contributed by atoms with Crippen LogP contribution in [0.5, 0.6) is 0 Å². The fraction of sp³-hybridized carbons (Fsp3) is 0.500. The van der Waals surface area contributed by atoms with Crippen molar-refractivity contribution in [2.24, 2.45) is 10.1 Å². The maximum absolute atomic E-state index is 4.24. The number of hydrogen-bond acceptors (Lipinski definition) is 3. The van der Waals surface area contributed by atoms with E-state index in [9.17, 15) is 0 Å². The number of rotatable bonds is 0. The van der Waals surface area contributed by atoms with E-state index < -0.39 is 0 Å². The van der Waals surface area contributed by atoms with Gasteiger partial charge in [0.05, 0.1) is 11.4 Å². The monoisotopic (exact) mass is 151 g/mol. The highest BCUT2D eigenvalue weighted by molar-refractivity contribution is 6.06. The number of aliphatic imine (C=N–C) groups is 1. The van der Waals surface area contributed by atoms with Crippen molar-refractivity contribution >= 4 is 11.5 Å². The minimum atomic E-state index is 0.815. The summed E-state index contributed by atoms with van der Waals surface area (Å²) in [7, 11) is 1.93. The van der Waals surface area contributed by atoms with Crippen molar-refractivity contribution in [1.82, 2.24) is 5.01 Å². The van der Waals surface area contributed by atoms with Gasteiger partial charge in [0.1, 0.15) is 5.84 Å². The van der Waals surface area contributed by atoms with E-state index in [-0.39, 0.29) is 0 Å². The molecule has 3 nitrogen and oxygen atoms in total. The summed E-state index contributed by atoms with van der Waals surface area (Å²) < 4.78 is 0. The Morgan fingerprint density at radius 1 is 1.36 bits per heavy atom. The van der Waals surface area contributed by atoms with Crippen molar-refractivity contribution in [3.63, 3.8) is 0 Å². The lowest BCUT2D eigenvalue weighted by atomic mass is 10.2. The van der Waals surface area contributed by atoms with Crippen LogP contribution in [0.1, 0.15) is 20.8 Å². The Kier molecular flexibility index (Phi) is 2.08. The van der Waals surface area contributed by atoms with Gasteiger partial charge in [-0.15, -0.1) is 0 Å². The van der Waals surface area contributed by atoms with E-state index in [4.69, 9.17) is 0 Å². The molecule has 1 aliphatic rings. The van der Waals surface area contributed by atoms with Crippen LogP contribution in [0.3, 0.4) is 0 Å². The highest BCUT2D eigenvalue weighted by Crippen LogP contribution is 2.10. The van der Waals surface area contributed by atoms with E-state index in [1.54, 1.807) is 0 Å². The molecule has 0 spiro atoms. The van der Waals surface area contributed by atoms with Gasteiger partial charge in [-0.1, -0.05) is 6.08 Å². The lowest BCUT2D eigenvalue weighted by Crippen LogP contribution is -2.22. The quantitative estimate of drug-likeness (QED) is 0.517. The molecule has 3 heteroatoms. The summed E-state index contributed by atoms with van der Waals surface area (Å²) in [6.45, 7) is 5.87. The zero-order chi connectivity index (χ0) is 8.43. The van der Waals surface area contributed by atoms with Crippen LogP contribution in [0.15, 0.2) is 21.9 Å². The van der Waals surface area contributed by atoms with Crippen LogP contribution < -0.4 is 0 Å². The Morgan fingerprint density at radius 2 is 2.00 bits per heavy atom. The smallest absolute Gasteiger partial charge is 0.146 e. The molecule has 1 aliphatic heterocycles. The van der Waals surface area contributed by atoms with Gasteiger partial charge in [-0.3, -0.25) is 5.01 Å². The molecule has 0 atom stereocenters. The first-order valence-corrected chi connectivity index (χ1v) is 3.66. The normalized spacial score (nSPS) is 21.8. The largest absolute Gasteiger partial charge is 0.265 e. The zero-order valence-electron chi connectivity index (χ0n) is 7.42. The van der Waals surface area contributed by atoms with Crippen molar-refractivity contribution in [2.75, 3.05) is 7.05 Å². The average molecular weight is 151 g/mol. The van der Waals surface area contributed by atoms with E-state index in [0.717, 1.165) is 17.2 Å². The van der Waals surface area contributed by atoms with Crippen LogP contribution in [0.25, 0.3) is 0 Å². The summed E-state index contributed by atoms with van der Waals surface area (Å²) in [5, 5.41) is 6.02. The second-order valence-corrected chi connectivity index (χ2v) is 2.54. The summed E-state index contributed by atoms with van der Waals surface area (Å²) in [4.78, 5) is 4.24. The van der Waals surface area contributed by atoms with Gasteiger partial charge in [0.2, 0.25) is 0 Å². The van der Waals surface area contributed by atoms with Crippen LogP contribution in [0.4, 0.5) is 0 Å². The molecule has 1 heterocycles. The van der Waals surface area contributed by atoms with Gasteiger partial charge in [-0.2, -0.15) is 5.10 Å². The van der Waals surface area contributed by atoms with Crippen molar-refractivity contribution in [2.45, 2.75) is 20.8 Å². The second-order valence-electron chi connectivity index (χ2n) is 2.54. The van der Waals surface area contributed by atoms with Crippen molar-refractivity contribution in [1.29, 1.82) is 0 Å². The molecule has 60 valence electrons. The fourth-order valence-electron chi connectivity index (χ4n) is 1.22. The molecule has 0 aromatic carbocycles. The molecular formula is C8H13N3.